The number of nitrogens with one attached hydrogen (secondary N) is 2. The van der Waals surface area contributed by atoms with Crippen molar-refractivity contribution in [1.82, 2.24) is 20.4 Å². The molecule has 0 unspecified atom stereocenters. The predicted molar refractivity (Wildman–Crippen MR) is 118 cm³/mol. The number of hydrogen-bond acceptors (Lipinski definition) is 3. The van der Waals surface area contributed by atoms with Crippen LogP contribution in [0.3, 0.4) is 0 Å². The van der Waals surface area contributed by atoms with Gasteiger partial charge < -0.3 is 20.4 Å². The SMILES string of the molecule is CCCCNC(=O)N1CCN(C(=O)[C@@H](NC(=O)c2ccccc2)[C@@H](C)CC)C[C@H]1C. The van der Waals surface area contributed by atoms with E-state index >= 15 is 0 Å². The number of rotatable bonds is 8. The van der Waals surface area contributed by atoms with Gasteiger partial charge in [-0.3, -0.25) is 9.59 Å². The minimum atomic E-state index is -0.583. The largest absolute Gasteiger partial charge is 0.340 e. The summed E-state index contributed by atoms with van der Waals surface area (Å²) in [4.78, 5) is 41.9. The number of urea groups is 1. The first kappa shape index (κ1) is 23.7. The molecule has 30 heavy (non-hydrogen) atoms. The van der Waals surface area contributed by atoms with Gasteiger partial charge in [-0.2, -0.15) is 0 Å². The Hall–Kier alpha value is -2.57. The Bertz CT molecular complexity index is 710. The van der Waals surface area contributed by atoms with Crippen molar-refractivity contribution in [2.45, 2.75) is 59.0 Å². The predicted octanol–water partition coefficient (Wildman–Crippen LogP) is 2.87. The van der Waals surface area contributed by atoms with E-state index in [2.05, 4.69) is 17.6 Å². The average Bonchev–Trinajstić information content (AvgIpc) is 2.76. The Morgan fingerprint density at radius 1 is 1.13 bits per heavy atom. The molecule has 0 bridgehead atoms. The lowest BCUT2D eigenvalue weighted by atomic mass is 9.96. The third kappa shape index (κ3) is 6.21. The van der Waals surface area contributed by atoms with Crippen LogP contribution in [-0.2, 0) is 4.79 Å². The van der Waals surface area contributed by atoms with Gasteiger partial charge in [0.05, 0.1) is 0 Å². The van der Waals surface area contributed by atoms with Gasteiger partial charge in [-0.25, -0.2) is 4.79 Å². The number of carbonyl (C=O) groups is 3. The smallest absolute Gasteiger partial charge is 0.317 e. The van der Waals surface area contributed by atoms with E-state index in [1.165, 1.54) is 0 Å². The second kappa shape index (κ2) is 11.6. The Morgan fingerprint density at radius 3 is 2.43 bits per heavy atom. The van der Waals surface area contributed by atoms with E-state index in [1.54, 1.807) is 34.1 Å². The van der Waals surface area contributed by atoms with E-state index in [4.69, 9.17) is 0 Å². The minimum absolute atomic E-state index is 0.0100. The maximum Gasteiger partial charge on any atom is 0.317 e. The van der Waals surface area contributed by atoms with Crippen LogP contribution in [0.1, 0.15) is 57.3 Å². The summed E-state index contributed by atoms with van der Waals surface area (Å²) in [7, 11) is 0. The molecule has 7 nitrogen and oxygen atoms in total. The number of nitrogens with zero attached hydrogens (tertiary/aromatic N) is 2. The first-order valence-electron chi connectivity index (χ1n) is 11.1. The molecular formula is C23H36N4O3. The van der Waals surface area contributed by atoms with Crippen LogP contribution in [0.2, 0.25) is 0 Å². The van der Waals surface area contributed by atoms with E-state index in [0.29, 0.717) is 31.7 Å². The van der Waals surface area contributed by atoms with Crippen LogP contribution in [0, 0.1) is 5.92 Å². The Kier molecular flexibility index (Phi) is 9.15. The minimum Gasteiger partial charge on any atom is -0.340 e. The number of amides is 4. The highest BCUT2D eigenvalue weighted by Crippen LogP contribution is 2.16. The first-order chi connectivity index (χ1) is 14.4. The number of unbranched alkanes of at least 4 members (excludes halogenated alkanes) is 1. The molecule has 0 aliphatic carbocycles. The van der Waals surface area contributed by atoms with Gasteiger partial charge >= 0.3 is 6.03 Å². The van der Waals surface area contributed by atoms with Gasteiger partial charge in [0.15, 0.2) is 0 Å². The van der Waals surface area contributed by atoms with Gasteiger partial charge in [0.1, 0.15) is 6.04 Å². The second-order valence-corrected chi connectivity index (χ2v) is 8.11. The summed E-state index contributed by atoms with van der Waals surface area (Å²) in [5.74, 6) is -0.307. The van der Waals surface area contributed by atoms with Crippen molar-refractivity contribution in [3.63, 3.8) is 0 Å². The lowest BCUT2D eigenvalue weighted by molar-refractivity contribution is -0.136. The second-order valence-electron chi connectivity index (χ2n) is 8.11. The zero-order valence-electron chi connectivity index (χ0n) is 18.7. The molecule has 2 N–H and O–H groups in total. The number of benzene rings is 1. The highest BCUT2D eigenvalue weighted by atomic mass is 16.2. The molecule has 7 heteroatoms. The van der Waals surface area contributed by atoms with Crippen LogP contribution in [0.5, 0.6) is 0 Å². The Morgan fingerprint density at radius 2 is 1.83 bits per heavy atom. The van der Waals surface area contributed by atoms with Crippen LogP contribution >= 0.6 is 0 Å². The first-order valence-corrected chi connectivity index (χ1v) is 11.1. The summed E-state index contributed by atoms with van der Waals surface area (Å²) in [6, 6.07) is 8.22. The monoisotopic (exact) mass is 416 g/mol. The summed E-state index contributed by atoms with van der Waals surface area (Å²) in [6.07, 6.45) is 2.76. The molecule has 1 aliphatic rings. The fourth-order valence-corrected chi connectivity index (χ4v) is 3.63. The van der Waals surface area contributed by atoms with Crippen molar-refractivity contribution in [2.75, 3.05) is 26.2 Å². The lowest BCUT2D eigenvalue weighted by Crippen LogP contribution is -2.61. The highest BCUT2D eigenvalue weighted by Gasteiger charge is 2.35. The number of piperazine rings is 1. The molecule has 1 aromatic rings. The van der Waals surface area contributed by atoms with Crippen LogP contribution in [0.4, 0.5) is 4.79 Å². The summed E-state index contributed by atoms with van der Waals surface area (Å²) in [5, 5.41) is 5.89. The fraction of sp³-hybridized carbons (Fsp3) is 0.609. The standard InChI is InChI=1S/C23H36N4O3/c1-5-7-13-24-23(30)27-15-14-26(16-18(27)4)22(29)20(17(3)6-2)25-21(28)19-11-9-8-10-12-19/h8-12,17-18,20H,5-7,13-16H2,1-4H3,(H,24,30)(H,25,28)/t17-,18+,20-/m0/s1. The molecule has 0 spiro atoms. The number of hydrogen-bond donors (Lipinski definition) is 2. The van der Waals surface area contributed by atoms with Crippen molar-refractivity contribution in [3.8, 4) is 0 Å². The van der Waals surface area contributed by atoms with E-state index in [1.807, 2.05) is 26.8 Å². The van der Waals surface area contributed by atoms with Crippen LogP contribution in [-0.4, -0.2) is 65.9 Å². The van der Waals surface area contributed by atoms with Crippen LogP contribution in [0.25, 0.3) is 0 Å². The molecule has 0 radical (unpaired) electrons. The summed E-state index contributed by atoms with van der Waals surface area (Å²) in [5.41, 5.74) is 0.542. The Balaban J connectivity index is 2.01. The summed E-state index contributed by atoms with van der Waals surface area (Å²) >= 11 is 0. The maximum atomic E-state index is 13.3. The molecule has 1 aliphatic heterocycles. The average molecular weight is 417 g/mol. The molecule has 2 rings (SSSR count). The van der Waals surface area contributed by atoms with Gasteiger partial charge in [-0.05, 0) is 31.4 Å². The van der Waals surface area contributed by atoms with Crippen LogP contribution in [0.15, 0.2) is 30.3 Å². The van der Waals surface area contributed by atoms with Crippen molar-refractivity contribution >= 4 is 17.8 Å². The molecule has 0 aromatic heterocycles. The molecule has 3 atom stereocenters. The van der Waals surface area contributed by atoms with E-state index in [9.17, 15) is 14.4 Å². The van der Waals surface area contributed by atoms with Crippen molar-refractivity contribution < 1.29 is 14.4 Å². The molecule has 166 valence electrons. The van der Waals surface area contributed by atoms with Crippen LogP contribution < -0.4 is 10.6 Å². The molecule has 4 amide bonds. The molecule has 1 fully saturated rings. The maximum absolute atomic E-state index is 13.3. The third-order valence-electron chi connectivity index (χ3n) is 5.81. The number of carbonyl (C=O) groups excluding carboxylic acids is 3. The van der Waals surface area contributed by atoms with Gasteiger partial charge in [-0.15, -0.1) is 0 Å². The molecular weight excluding hydrogens is 380 g/mol. The zero-order chi connectivity index (χ0) is 22.1. The van der Waals surface area contributed by atoms with Gasteiger partial charge in [0.2, 0.25) is 5.91 Å². The summed E-state index contributed by atoms with van der Waals surface area (Å²) < 4.78 is 0. The van der Waals surface area contributed by atoms with E-state index < -0.39 is 6.04 Å². The van der Waals surface area contributed by atoms with E-state index in [-0.39, 0.29) is 29.8 Å². The Labute approximate surface area is 180 Å². The molecule has 0 saturated carbocycles. The molecule has 1 aromatic carbocycles. The van der Waals surface area contributed by atoms with Crippen molar-refractivity contribution in [3.05, 3.63) is 35.9 Å². The topological polar surface area (TPSA) is 81.8 Å². The van der Waals surface area contributed by atoms with Gasteiger partial charge in [0, 0.05) is 37.8 Å². The van der Waals surface area contributed by atoms with Gasteiger partial charge in [-0.1, -0.05) is 51.8 Å². The van der Waals surface area contributed by atoms with E-state index in [0.717, 1.165) is 19.3 Å². The van der Waals surface area contributed by atoms with Crippen molar-refractivity contribution in [1.29, 1.82) is 0 Å². The van der Waals surface area contributed by atoms with Crippen molar-refractivity contribution in [2.24, 2.45) is 5.92 Å². The molecule has 1 heterocycles. The fourth-order valence-electron chi connectivity index (χ4n) is 3.63. The van der Waals surface area contributed by atoms with Gasteiger partial charge in [0.25, 0.3) is 5.91 Å². The zero-order valence-corrected chi connectivity index (χ0v) is 18.7. The summed E-state index contributed by atoms with van der Waals surface area (Å²) in [6.45, 7) is 10.1. The lowest BCUT2D eigenvalue weighted by Gasteiger charge is -2.41. The third-order valence-corrected chi connectivity index (χ3v) is 5.81. The highest BCUT2D eigenvalue weighted by molar-refractivity contribution is 5.97. The quantitative estimate of drug-likeness (QED) is 0.640. The molecule has 1 saturated heterocycles. The normalized spacial score (nSPS) is 18.5.